The molecule has 4 nitrogen and oxygen atoms in total. The molecule has 0 atom stereocenters. The number of carbonyl (C=O) groups excluding carboxylic acids is 1. The van der Waals surface area contributed by atoms with Gasteiger partial charge < -0.3 is 15.0 Å². The Bertz CT molecular complexity index is 193. The Labute approximate surface area is 92.0 Å². The van der Waals surface area contributed by atoms with Gasteiger partial charge in [0.15, 0.2) is 0 Å². The minimum Gasteiger partial charge on any atom is -0.383 e. The van der Waals surface area contributed by atoms with Gasteiger partial charge in [0.1, 0.15) is 0 Å². The molecule has 0 unspecified atom stereocenters. The summed E-state index contributed by atoms with van der Waals surface area (Å²) >= 11 is 0. The first-order valence-electron chi connectivity index (χ1n) is 5.78. The average molecular weight is 214 g/mol. The van der Waals surface area contributed by atoms with Crippen molar-refractivity contribution in [3.8, 4) is 0 Å². The van der Waals surface area contributed by atoms with Crippen molar-refractivity contribution in [2.45, 2.75) is 32.2 Å². The topological polar surface area (TPSA) is 41.6 Å². The van der Waals surface area contributed by atoms with Gasteiger partial charge in [-0.05, 0) is 19.3 Å². The Morgan fingerprint density at radius 3 is 2.80 bits per heavy atom. The van der Waals surface area contributed by atoms with Gasteiger partial charge >= 0.3 is 0 Å². The highest BCUT2D eigenvalue weighted by atomic mass is 16.5. The number of nitrogens with one attached hydrogen (secondary N) is 1. The maximum atomic E-state index is 11.8. The first-order valence-corrected chi connectivity index (χ1v) is 5.78. The molecule has 0 aromatic carbocycles. The van der Waals surface area contributed by atoms with Crippen molar-refractivity contribution in [1.29, 1.82) is 0 Å². The Kier molecular flexibility index (Phi) is 5.65. The monoisotopic (exact) mass is 214 g/mol. The Hall–Kier alpha value is -0.610. The third-order valence-corrected chi connectivity index (χ3v) is 2.53. The molecule has 1 N–H and O–H groups in total. The summed E-state index contributed by atoms with van der Waals surface area (Å²) in [5, 5.41) is 3.09. The van der Waals surface area contributed by atoms with Crippen LogP contribution in [0.3, 0.4) is 0 Å². The van der Waals surface area contributed by atoms with E-state index in [-0.39, 0.29) is 5.91 Å². The number of hydrogen-bond donors (Lipinski definition) is 1. The molecular formula is C11H22N2O2. The van der Waals surface area contributed by atoms with E-state index < -0.39 is 0 Å². The van der Waals surface area contributed by atoms with Gasteiger partial charge in [-0.3, -0.25) is 4.79 Å². The standard InChI is InChI=1S/C11H22N2O2/c1-3-7-13(10-4-5-10)11(14)9-12-6-8-15-2/h10,12H,3-9H2,1-2H3. The maximum Gasteiger partial charge on any atom is 0.236 e. The lowest BCUT2D eigenvalue weighted by molar-refractivity contribution is -0.130. The third kappa shape index (κ3) is 4.62. The second-order valence-electron chi connectivity index (χ2n) is 3.99. The van der Waals surface area contributed by atoms with Gasteiger partial charge in [-0.25, -0.2) is 0 Å². The Balaban J connectivity index is 2.17. The molecule has 1 amide bonds. The van der Waals surface area contributed by atoms with Crippen LogP contribution in [0.4, 0.5) is 0 Å². The molecule has 1 fully saturated rings. The van der Waals surface area contributed by atoms with E-state index in [1.807, 2.05) is 4.90 Å². The lowest BCUT2D eigenvalue weighted by Gasteiger charge is -2.21. The van der Waals surface area contributed by atoms with Crippen molar-refractivity contribution in [1.82, 2.24) is 10.2 Å². The normalized spacial score (nSPS) is 15.3. The van der Waals surface area contributed by atoms with E-state index in [4.69, 9.17) is 4.74 Å². The number of rotatable bonds is 8. The van der Waals surface area contributed by atoms with Crippen LogP contribution in [0.1, 0.15) is 26.2 Å². The van der Waals surface area contributed by atoms with Crippen LogP contribution in [0.5, 0.6) is 0 Å². The number of carbonyl (C=O) groups is 1. The molecule has 0 saturated heterocycles. The highest BCUT2D eigenvalue weighted by molar-refractivity contribution is 5.78. The highest BCUT2D eigenvalue weighted by Crippen LogP contribution is 2.26. The fourth-order valence-electron chi connectivity index (χ4n) is 1.61. The van der Waals surface area contributed by atoms with Crippen LogP contribution in [0.2, 0.25) is 0 Å². The van der Waals surface area contributed by atoms with Crippen LogP contribution >= 0.6 is 0 Å². The molecule has 1 rings (SSSR count). The SMILES string of the molecule is CCCN(C(=O)CNCCOC)C1CC1. The summed E-state index contributed by atoms with van der Waals surface area (Å²) in [5.74, 6) is 0.232. The molecule has 0 heterocycles. The fraction of sp³-hybridized carbons (Fsp3) is 0.909. The van der Waals surface area contributed by atoms with Crippen molar-refractivity contribution in [3.63, 3.8) is 0 Å². The Morgan fingerprint density at radius 1 is 1.53 bits per heavy atom. The lowest BCUT2D eigenvalue weighted by Crippen LogP contribution is -2.40. The fourth-order valence-corrected chi connectivity index (χ4v) is 1.61. The van der Waals surface area contributed by atoms with Crippen LogP contribution in [-0.2, 0) is 9.53 Å². The summed E-state index contributed by atoms with van der Waals surface area (Å²) in [6.45, 7) is 4.85. The van der Waals surface area contributed by atoms with Crippen LogP contribution in [-0.4, -0.2) is 50.2 Å². The summed E-state index contributed by atoms with van der Waals surface area (Å²) in [6.07, 6.45) is 3.41. The molecule has 15 heavy (non-hydrogen) atoms. The molecule has 0 aromatic rings. The largest absolute Gasteiger partial charge is 0.383 e. The summed E-state index contributed by atoms with van der Waals surface area (Å²) in [4.78, 5) is 13.8. The molecule has 1 aliphatic rings. The number of methoxy groups -OCH3 is 1. The van der Waals surface area contributed by atoms with Crippen LogP contribution in [0.15, 0.2) is 0 Å². The zero-order valence-corrected chi connectivity index (χ0v) is 9.79. The molecule has 88 valence electrons. The second-order valence-corrected chi connectivity index (χ2v) is 3.99. The minimum absolute atomic E-state index is 0.232. The molecule has 0 bridgehead atoms. The third-order valence-electron chi connectivity index (χ3n) is 2.53. The number of ether oxygens (including phenoxy) is 1. The van der Waals surface area contributed by atoms with Crippen LogP contribution in [0, 0.1) is 0 Å². The molecule has 0 aliphatic heterocycles. The van der Waals surface area contributed by atoms with Crippen LogP contribution in [0.25, 0.3) is 0 Å². The number of nitrogens with zero attached hydrogens (tertiary/aromatic N) is 1. The quantitative estimate of drug-likeness (QED) is 0.602. The molecule has 0 radical (unpaired) electrons. The number of amides is 1. The van der Waals surface area contributed by atoms with Crippen molar-refractivity contribution in [2.75, 3.05) is 33.4 Å². The summed E-state index contributed by atoms with van der Waals surface area (Å²) in [6, 6.07) is 0.529. The zero-order valence-electron chi connectivity index (χ0n) is 9.79. The predicted molar refractivity (Wildman–Crippen MR) is 59.8 cm³/mol. The van der Waals surface area contributed by atoms with E-state index in [2.05, 4.69) is 12.2 Å². The summed E-state index contributed by atoms with van der Waals surface area (Å²) in [7, 11) is 1.66. The van der Waals surface area contributed by atoms with E-state index in [0.717, 1.165) is 19.5 Å². The van der Waals surface area contributed by atoms with Gasteiger partial charge in [-0.15, -0.1) is 0 Å². The minimum atomic E-state index is 0.232. The first-order chi connectivity index (χ1) is 7.29. The summed E-state index contributed by atoms with van der Waals surface area (Å²) in [5.41, 5.74) is 0. The van der Waals surface area contributed by atoms with Gasteiger partial charge in [0.2, 0.25) is 5.91 Å². The molecule has 0 aromatic heterocycles. The van der Waals surface area contributed by atoms with Gasteiger partial charge in [0.25, 0.3) is 0 Å². The van der Waals surface area contributed by atoms with Crippen molar-refractivity contribution >= 4 is 5.91 Å². The average Bonchev–Trinajstić information content (AvgIpc) is 3.04. The van der Waals surface area contributed by atoms with E-state index in [0.29, 0.717) is 19.2 Å². The van der Waals surface area contributed by atoms with Gasteiger partial charge in [0.05, 0.1) is 13.2 Å². The first kappa shape index (κ1) is 12.5. The van der Waals surface area contributed by atoms with E-state index in [1.54, 1.807) is 7.11 Å². The van der Waals surface area contributed by atoms with E-state index in [9.17, 15) is 4.79 Å². The van der Waals surface area contributed by atoms with Crippen molar-refractivity contribution < 1.29 is 9.53 Å². The van der Waals surface area contributed by atoms with Gasteiger partial charge in [-0.2, -0.15) is 0 Å². The number of hydrogen-bond acceptors (Lipinski definition) is 3. The molecular weight excluding hydrogens is 192 g/mol. The Morgan fingerprint density at radius 2 is 2.27 bits per heavy atom. The van der Waals surface area contributed by atoms with Crippen molar-refractivity contribution in [3.05, 3.63) is 0 Å². The smallest absolute Gasteiger partial charge is 0.236 e. The maximum absolute atomic E-state index is 11.8. The lowest BCUT2D eigenvalue weighted by atomic mass is 10.3. The zero-order chi connectivity index (χ0) is 11.1. The van der Waals surface area contributed by atoms with Gasteiger partial charge in [0, 0.05) is 26.2 Å². The molecule has 1 saturated carbocycles. The predicted octanol–water partition coefficient (Wildman–Crippen LogP) is 0.623. The highest BCUT2D eigenvalue weighted by Gasteiger charge is 2.31. The molecule has 0 spiro atoms. The van der Waals surface area contributed by atoms with E-state index in [1.165, 1.54) is 12.8 Å². The molecule has 1 aliphatic carbocycles. The van der Waals surface area contributed by atoms with Crippen LogP contribution < -0.4 is 5.32 Å². The van der Waals surface area contributed by atoms with E-state index >= 15 is 0 Å². The van der Waals surface area contributed by atoms with Gasteiger partial charge in [-0.1, -0.05) is 6.92 Å². The second kappa shape index (κ2) is 6.80. The van der Waals surface area contributed by atoms with Crippen molar-refractivity contribution in [2.24, 2.45) is 0 Å². The molecule has 4 heteroatoms. The summed E-state index contributed by atoms with van der Waals surface area (Å²) < 4.78 is 4.90.